The third kappa shape index (κ3) is 12.9. The SMILES string of the molecule is CCN(CC)OC(=S)SC(C)C(=O)OCCOC(=O)C(C)SC(=S)ON(CC)CC. The van der Waals surface area contributed by atoms with Crippen molar-refractivity contribution in [3.05, 3.63) is 0 Å². The maximum absolute atomic E-state index is 12.0. The number of thiocarbonyl (C=S) groups is 2. The molecule has 30 heavy (non-hydrogen) atoms. The topological polar surface area (TPSA) is 77.5 Å². The Hall–Kier alpha value is -0.660. The molecular weight excluding hydrogens is 468 g/mol. The minimum atomic E-state index is -0.534. The third-order valence-electron chi connectivity index (χ3n) is 3.60. The van der Waals surface area contributed by atoms with E-state index in [9.17, 15) is 9.59 Å². The molecule has 0 aliphatic carbocycles. The number of nitrogens with zero attached hydrogens (tertiary/aromatic N) is 2. The van der Waals surface area contributed by atoms with Crippen LogP contribution in [0.4, 0.5) is 0 Å². The minimum Gasteiger partial charge on any atom is -0.461 e. The lowest BCUT2D eigenvalue weighted by Crippen LogP contribution is -2.28. The van der Waals surface area contributed by atoms with E-state index in [1.807, 2.05) is 27.7 Å². The van der Waals surface area contributed by atoms with Crippen molar-refractivity contribution >= 4 is 68.7 Å². The van der Waals surface area contributed by atoms with Crippen molar-refractivity contribution in [3.8, 4) is 0 Å². The zero-order valence-electron chi connectivity index (χ0n) is 18.4. The zero-order valence-corrected chi connectivity index (χ0v) is 21.6. The summed E-state index contributed by atoms with van der Waals surface area (Å²) >= 11 is 12.5. The van der Waals surface area contributed by atoms with E-state index in [0.29, 0.717) is 26.2 Å². The highest BCUT2D eigenvalue weighted by atomic mass is 32.2. The summed E-state index contributed by atoms with van der Waals surface area (Å²) in [5, 5.41) is 2.30. The number of hydrogen-bond donors (Lipinski definition) is 0. The van der Waals surface area contributed by atoms with Crippen molar-refractivity contribution in [3.63, 3.8) is 0 Å². The summed E-state index contributed by atoms with van der Waals surface area (Å²) in [7, 11) is 0. The number of carbonyl (C=O) groups excluding carboxylic acids is 2. The van der Waals surface area contributed by atoms with Crippen molar-refractivity contribution in [1.82, 2.24) is 10.1 Å². The normalized spacial score (nSPS) is 12.9. The first-order valence-electron chi connectivity index (χ1n) is 9.78. The van der Waals surface area contributed by atoms with Gasteiger partial charge in [-0.3, -0.25) is 9.59 Å². The van der Waals surface area contributed by atoms with E-state index >= 15 is 0 Å². The van der Waals surface area contributed by atoms with Gasteiger partial charge in [-0.2, -0.15) is 0 Å². The highest BCUT2D eigenvalue weighted by Crippen LogP contribution is 2.18. The Morgan fingerprint density at radius 1 is 0.733 bits per heavy atom. The number of esters is 2. The summed E-state index contributed by atoms with van der Waals surface area (Å²) < 4.78 is 10.8. The highest BCUT2D eigenvalue weighted by Gasteiger charge is 2.21. The van der Waals surface area contributed by atoms with E-state index in [1.165, 1.54) is 0 Å². The monoisotopic (exact) mass is 500 g/mol. The van der Waals surface area contributed by atoms with Crippen LogP contribution in [-0.4, -0.2) is 80.7 Å². The van der Waals surface area contributed by atoms with Crippen LogP contribution in [0, 0.1) is 0 Å². The lowest BCUT2D eigenvalue weighted by Gasteiger charge is -2.20. The van der Waals surface area contributed by atoms with E-state index in [4.69, 9.17) is 43.6 Å². The average molecular weight is 501 g/mol. The van der Waals surface area contributed by atoms with Crippen LogP contribution in [-0.2, 0) is 28.7 Å². The van der Waals surface area contributed by atoms with Crippen LogP contribution in [0.15, 0.2) is 0 Å². The van der Waals surface area contributed by atoms with Crippen LogP contribution in [0.1, 0.15) is 41.5 Å². The maximum atomic E-state index is 12.0. The summed E-state index contributed by atoms with van der Waals surface area (Å²) in [4.78, 5) is 35.0. The van der Waals surface area contributed by atoms with Gasteiger partial charge in [0.25, 0.3) is 0 Å². The molecule has 12 heteroatoms. The second-order valence-electron chi connectivity index (χ2n) is 5.77. The van der Waals surface area contributed by atoms with Crippen molar-refractivity contribution in [2.24, 2.45) is 0 Å². The fourth-order valence-electron chi connectivity index (χ4n) is 1.86. The molecule has 174 valence electrons. The summed E-state index contributed by atoms with van der Waals surface area (Å²) in [6.45, 7) is 13.8. The average Bonchev–Trinajstić information content (AvgIpc) is 2.72. The van der Waals surface area contributed by atoms with E-state index in [0.717, 1.165) is 23.5 Å². The van der Waals surface area contributed by atoms with Gasteiger partial charge < -0.3 is 19.1 Å². The second-order valence-corrected chi connectivity index (χ2v) is 9.65. The van der Waals surface area contributed by atoms with Gasteiger partial charge in [-0.05, 0) is 66.0 Å². The fraction of sp³-hybridized carbons (Fsp3) is 0.778. The van der Waals surface area contributed by atoms with E-state index in [-0.39, 0.29) is 22.0 Å². The first kappa shape index (κ1) is 29.3. The number of thioether (sulfide) groups is 2. The van der Waals surface area contributed by atoms with Crippen LogP contribution >= 0.6 is 48.0 Å². The van der Waals surface area contributed by atoms with Crippen molar-refractivity contribution in [1.29, 1.82) is 0 Å². The predicted octanol–water partition coefficient (Wildman–Crippen LogP) is 3.43. The predicted molar refractivity (Wildman–Crippen MR) is 129 cm³/mol. The van der Waals surface area contributed by atoms with Gasteiger partial charge >= 0.3 is 11.9 Å². The van der Waals surface area contributed by atoms with Crippen LogP contribution < -0.4 is 0 Å². The summed E-state index contributed by atoms with van der Waals surface area (Å²) in [5.41, 5.74) is 0. The second kappa shape index (κ2) is 17.0. The molecule has 0 aliphatic rings. The lowest BCUT2D eigenvalue weighted by molar-refractivity contribution is -0.151. The number of hydroxylamine groups is 4. The molecule has 0 saturated heterocycles. The first-order chi connectivity index (χ1) is 14.2. The van der Waals surface area contributed by atoms with Gasteiger partial charge in [0.15, 0.2) is 0 Å². The molecule has 0 fully saturated rings. The molecule has 2 unspecified atom stereocenters. The quantitative estimate of drug-likeness (QED) is 0.161. The lowest BCUT2D eigenvalue weighted by atomic mass is 10.5. The van der Waals surface area contributed by atoms with Crippen molar-refractivity contribution < 1.29 is 28.7 Å². The Kier molecular flexibility index (Phi) is 16.6. The molecule has 0 aromatic carbocycles. The number of ether oxygens (including phenoxy) is 2. The van der Waals surface area contributed by atoms with Crippen molar-refractivity contribution in [2.45, 2.75) is 52.0 Å². The Labute approximate surface area is 198 Å². The van der Waals surface area contributed by atoms with E-state index < -0.39 is 22.4 Å². The first-order valence-corrected chi connectivity index (χ1v) is 12.4. The standard InChI is InChI=1S/C18H32N2O6S4/c1-7-19(8-2)25-17(27)29-13(5)15(21)23-11-12-24-16(22)14(6)30-18(28)26-20(9-3)10-4/h13-14H,7-12H2,1-6H3. The Morgan fingerprint density at radius 2 is 1.03 bits per heavy atom. The van der Waals surface area contributed by atoms with Gasteiger partial charge in [0.05, 0.1) is 0 Å². The van der Waals surface area contributed by atoms with Gasteiger partial charge in [0.1, 0.15) is 23.7 Å². The molecule has 0 heterocycles. The summed E-state index contributed by atoms with van der Waals surface area (Å²) in [6, 6.07) is 0. The molecule has 0 N–H and O–H groups in total. The maximum Gasteiger partial charge on any atom is 0.319 e. The molecular formula is C18H32N2O6S4. The van der Waals surface area contributed by atoms with Crippen LogP contribution in [0.2, 0.25) is 0 Å². The molecule has 0 aromatic heterocycles. The smallest absolute Gasteiger partial charge is 0.319 e. The fourth-order valence-corrected chi connectivity index (χ4v) is 4.14. The van der Waals surface area contributed by atoms with E-state index in [2.05, 4.69) is 0 Å². The Bertz CT molecular complexity index is 511. The van der Waals surface area contributed by atoms with Gasteiger partial charge in [0.2, 0.25) is 8.77 Å². The van der Waals surface area contributed by atoms with Crippen LogP contribution in [0.25, 0.3) is 0 Å². The van der Waals surface area contributed by atoms with Crippen LogP contribution in [0.5, 0.6) is 0 Å². The summed E-state index contributed by atoms with van der Waals surface area (Å²) in [5.74, 6) is -0.921. The zero-order chi connectivity index (χ0) is 23.1. The molecule has 0 spiro atoms. The minimum absolute atomic E-state index is 0.0447. The molecule has 0 aromatic rings. The molecule has 0 amide bonds. The number of rotatable bonds is 13. The molecule has 0 saturated carbocycles. The van der Waals surface area contributed by atoms with Gasteiger partial charge in [-0.25, -0.2) is 0 Å². The Balaban J connectivity index is 4.13. The molecule has 0 rings (SSSR count). The number of hydrogen-bond acceptors (Lipinski definition) is 12. The van der Waals surface area contributed by atoms with Gasteiger partial charge in [-0.1, -0.05) is 23.5 Å². The molecule has 2 atom stereocenters. The largest absolute Gasteiger partial charge is 0.461 e. The van der Waals surface area contributed by atoms with Crippen LogP contribution in [0.3, 0.4) is 0 Å². The molecule has 0 radical (unpaired) electrons. The third-order valence-corrected chi connectivity index (χ3v) is 5.95. The Morgan fingerprint density at radius 3 is 1.30 bits per heavy atom. The summed E-state index contributed by atoms with van der Waals surface area (Å²) in [6.07, 6.45) is 0. The number of carbonyl (C=O) groups is 2. The highest BCUT2D eigenvalue weighted by molar-refractivity contribution is 8.23. The van der Waals surface area contributed by atoms with E-state index in [1.54, 1.807) is 24.0 Å². The molecule has 8 nitrogen and oxygen atoms in total. The van der Waals surface area contributed by atoms with Gasteiger partial charge in [0, 0.05) is 26.2 Å². The molecule has 0 aliphatic heterocycles. The molecule has 0 bridgehead atoms. The van der Waals surface area contributed by atoms with Gasteiger partial charge in [-0.15, -0.1) is 10.1 Å². The van der Waals surface area contributed by atoms with Crippen molar-refractivity contribution in [2.75, 3.05) is 39.4 Å².